The first-order valence-electron chi connectivity index (χ1n) is 11.2. The van der Waals surface area contributed by atoms with Crippen LogP contribution >= 0.6 is 23.2 Å². The van der Waals surface area contributed by atoms with Gasteiger partial charge in [-0.05, 0) is 53.1 Å². The van der Waals surface area contributed by atoms with Crippen molar-refractivity contribution in [3.63, 3.8) is 0 Å². The minimum Gasteiger partial charge on any atom is -0.489 e. The van der Waals surface area contributed by atoms with Crippen molar-refractivity contribution in [1.82, 2.24) is 4.90 Å². The number of carbonyl (C=O) groups is 3. The summed E-state index contributed by atoms with van der Waals surface area (Å²) in [6.07, 6.45) is -2.25. The van der Waals surface area contributed by atoms with Crippen molar-refractivity contribution >= 4 is 46.9 Å². The van der Waals surface area contributed by atoms with Gasteiger partial charge >= 0.3 is 12.1 Å². The van der Waals surface area contributed by atoms with Crippen molar-refractivity contribution in [2.24, 2.45) is 0 Å². The number of halogens is 2. The van der Waals surface area contributed by atoms with Crippen LogP contribution in [0.1, 0.15) is 28.4 Å². The molecule has 3 N–H and O–H groups in total. The molecule has 0 aromatic heterocycles. The van der Waals surface area contributed by atoms with Crippen LogP contribution in [0, 0.1) is 0 Å². The lowest BCUT2D eigenvalue weighted by Gasteiger charge is -2.34. The first-order valence-corrected chi connectivity index (χ1v) is 12.0. The second-order valence-corrected chi connectivity index (χ2v) is 9.49. The van der Waals surface area contributed by atoms with Crippen molar-refractivity contribution in [1.29, 1.82) is 0 Å². The molecule has 0 saturated carbocycles. The average Bonchev–Trinajstić information content (AvgIpc) is 2.87. The molecule has 0 spiro atoms. The van der Waals surface area contributed by atoms with E-state index in [4.69, 9.17) is 32.7 Å². The summed E-state index contributed by atoms with van der Waals surface area (Å²) in [5.74, 6) is -0.644. The molecule has 1 unspecified atom stereocenters. The van der Waals surface area contributed by atoms with Crippen molar-refractivity contribution in [2.45, 2.75) is 31.7 Å². The summed E-state index contributed by atoms with van der Waals surface area (Å²) in [5.41, 5.74) is 3.13. The Bertz CT molecular complexity index is 1410. The fourth-order valence-corrected chi connectivity index (χ4v) is 4.69. The lowest BCUT2D eigenvalue weighted by atomic mass is 9.92. The minimum atomic E-state index is -1.32. The highest BCUT2D eigenvalue weighted by Gasteiger charge is 2.37. The summed E-state index contributed by atoms with van der Waals surface area (Å²) >= 11 is 12.0. The molecule has 2 atom stereocenters. The molecular weight excluding hydrogens is 523 g/mol. The number of amides is 2. The van der Waals surface area contributed by atoms with Crippen LogP contribution in [0.2, 0.25) is 10.0 Å². The molecule has 37 heavy (non-hydrogen) atoms. The van der Waals surface area contributed by atoms with Crippen LogP contribution in [0.3, 0.4) is 0 Å². The van der Waals surface area contributed by atoms with Gasteiger partial charge < -0.3 is 25.0 Å². The molecule has 2 aliphatic rings. The third kappa shape index (κ3) is 5.00. The number of ether oxygens (including phenoxy) is 2. The first-order chi connectivity index (χ1) is 17.7. The normalized spacial score (nSPS) is 18.2. The van der Waals surface area contributed by atoms with Crippen LogP contribution in [-0.2, 0) is 29.2 Å². The lowest BCUT2D eigenvalue weighted by molar-refractivity contribution is -0.143. The quantitative estimate of drug-likeness (QED) is 0.407. The number of rotatable bonds is 5. The number of anilines is 1. The van der Waals surface area contributed by atoms with Crippen LogP contribution in [0.25, 0.3) is 0 Å². The van der Waals surface area contributed by atoms with E-state index >= 15 is 0 Å². The third-order valence-electron chi connectivity index (χ3n) is 6.28. The molecule has 0 fully saturated rings. The Morgan fingerprint density at radius 2 is 1.78 bits per heavy atom. The number of carboxylic acids is 1. The van der Waals surface area contributed by atoms with Crippen LogP contribution in [0.15, 0.2) is 54.6 Å². The predicted octanol–water partition coefficient (Wildman–Crippen LogP) is 5.13. The number of fused-ring (bicyclic) bond motifs is 2. The van der Waals surface area contributed by atoms with E-state index < -0.39 is 24.2 Å². The summed E-state index contributed by atoms with van der Waals surface area (Å²) < 4.78 is 11.8. The zero-order chi connectivity index (χ0) is 26.3. The highest BCUT2D eigenvalue weighted by Crippen LogP contribution is 2.39. The van der Waals surface area contributed by atoms with E-state index in [1.54, 1.807) is 48.5 Å². The SMILES string of the molecule is O=C(O)C1Cc2cc3c(cc2CN1C(=O)O)O[C@@H](c1ccc(OCc2ccc(Cl)c(Cl)c2)cc1)C(=O)N3. The Labute approximate surface area is 221 Å². The van der Waals surface area contributed by atoms with Crippen LogP contribution in [0.4, 0.5) is 10.5 Å². The number of carboxylic acid groups (broad SMARTS) is 2. The van der Waals surface area contributed by atoms with E-state index in [-0.39, 0.29) is 25.5 Å². The standard InChI is InChI=1S/C26H20Cl2N2O7/c27-18-6-1-13(7-19(18)28)12-36-17-4-2-14(3-5-17)23-24(31)29-20-8-15-9-21(25(32)33)30(26(34)35)11-16(15)10-22(20)37-23/h1-8,10,21,23H,9,11-12H2,(H,29,31)(H,32,33)(H,34,35)/t21?,23-/m0/s1. The second kappa shape index (κ2) is 9.84. The number of carbonyl (C=O) groups excluding carboxylic acids is 1. The molecule has 0 saturated heterocycles. The minimum absolute atomic E-state index is 0.00671. The number of benzene rings is 3. The second-order valence-electron chi connectivity index (χ2n) is 8.68. The Kier molecular flexibility index (Phi) is 6.57. The van der Waals surface area contributed by atoms with Gasteiger partial charge in [-0.3, -0.25) is 9.69 Å². The molecule has 0 aliphatic carbocycles. The summed E-state index contributed by atoms with van der Waals surface area (Å²) in [5, 5.41) is 22.6. The molecular formula is C26H20Cl2N2O7. The third-order valence-corrected chi connectivity index (χ3v) is 7.01. The first kappa shape index (κ1) is 24.7. The molecule has 5 rings (SSSR count). The number of aliphatic carboxylic acids is 1. The topological polar surface area (TPSA) is 125 Å². The maximum Gasteiger partial charge on any atom is 0.408 e. The van der Waals surface area contributed by atoms with E-state index in [0.29, 0.717) is 43.9 Å². The van der Waals surface area contributed by atoms with Crippen molar-refractivity contribution < 1.29 is 34.1 Å². The molecule has 11 heteroatoms. The smallest absolute Gasteiger partial charge is 0.408 e. The maximum absolute atomic E-state index is 12.8. The van der Waals surface area contributed by atoms with Crippen molar-refractivity contribution in [3.8, 4) is 11.5 Å². The molecule has 9 nitrogen and oxygen atoms in total. The van der Waals surface area contributed by atoms with E-state index in [1.807, 2.05) is 6.07 Å². The van der Waals surface area contributed by atoms with Crippen molar-refractivity contribution in [2.75, 3.05) is 5.32 Å². The fraction of sp³-hybridized carbons (Fsp3) is 0.192. The number of nitrogens with zero attached hydrogens (tertiary/aromatic N) is 1. The van der Waals surface area contributed by atoms with Gasteiger partial charge in [0.2, 0.25) is 6.10 Å². The largest absolute Gasteiger partial charge is 0.489 e. The van der Waals surface area contributed by atoms with Gasteiger partial charge in [-0.1, -0.05) is 41.4 Å². The molecule has 3 aromatic carbocycles. The Morgan fingerprint density at radius 3 is 2.46 bits per heavy atom. The number of nitrogens with one attached hydrogen (secondary N) is 1. The van der Waals surface area contributed by atoms with E-state index in [9.17, 15) is 24.6 Å². The molecule has 3 aromatic rings. The zero-order valence-corrected chi connectivity index (χ0v) is 20.6. The highest BCUT2D eigenvalue weighted by molar-refractivity contribution is 6.42. The fourth-order valence-electron chi connectivity index (χ4n) is 4.37. The highest BCUT2D eigenvalue weighted by atomic mass is 35.5. The predicted molar refractivity (Wildman–Crippen MR) is 134 cm³/mol. The number of hydrogen-bond acceptors (Lipinski definition) is 5. The monoisotopic (exact) mass is 542 g/mol. The molecule has 0 bridgehead atoms. The van der Waals surface area contributed by atoms with Gasteiger partial charge in [0.1, 0.15) is 24.1 Å². The maximum atomic E-state index is 12.8. The van der Waals surface area contributed by atoms with Crippen molar-refractivity contribution in [3.05, 3.63) is 86.9 Å². The average molecular weight is 543 g/mol. The Morgan fingerprint density at radius 1 is 1.03 bits per heavy atom. The van der Waals surface area contributed by atoms with Gasteiger partial charge in [0.15, 0.2) is 0 Å². The molecule has 0 radical (unpaired) electrons. The van der Waals surface area contributed by atoms with Gasteiger partial charge in [0, 0.05) is 12.0 Å². The summed E-state index contributed by atoms with van der Waals surface area (Å²) in [4.78, 5) is 36.9. The molecule has 2 aliphatic heterocycles. The van der Waals surface area contributed by atoms with Gasteiger partial charge in [0.05, 0.1) is 22.3 Å². The van der Waals surface area contributed by atoms with E-state index in [0.717, 1.165) is 10.5 Å². The molecule has 2 amide bonds. The number of hydrogen-bond donors (Lipinski definition) is 3. The van der Waals surface area contributed by atoms with Gasteiger partial charge in [-0.2, -0.15) is 0 Å². The summed E-state index contributed by atoms with van der Waals surface area (Å²) in [7, 11) is 0. The lowest BCUT2D eigenvalue weighted by Crippen LogP contribution is -2.48. The molecule has 190 valence electrons. The van der Waals surface area contributed by atoms with Gasteiger partial charge in [-0.15, -0.1) is 0 Å². The Balaban J connectivity index is 1.31. The molecule has 2 heterocycles. The van der Waals surface area contributed by atoms with Gasteiger partial charge in [-0.25, -0.2) is 9.59 Å². The van der Waals surface area contributed by atoms with Crippen LogP contribution < -0.4 is 14.8 Å². The summed E-state index contributed by atoms with van der Waals surface area (Å²) in [6.45, 7) is 0.187. The van der Waals surface area contributed by atoms with Crippen LogP contribution in [-0.4, -0.2) is 39.1 Å². The zero-order valence-electron chi connectivity index (χ0n) is 19.1. The van der Waals surface area contributed by atoms with E-state index in [2.05, 4.69) is 5.32 Å². The van der Waals surface area contributed by atoms with E-state index in [1.165, 1.54) is 0 Å². The summed E-state index contributed by atoms with van der Waals surface area (Å²) in [6, 6.07) is 14.2. The Hall–Kier alpha value is -3.95. The van der Waals surface area contributed by atoms with Gasteiger partial charge in [0.25, 0.3) is 5.91 Å². The van der Waals surface area contributed by atoms with Crippen LogP contribution in [0.5, 0.6) is 11.5 Å².